The van der Waals surface area contributed by atoms with Gasteiger partial charge >= 0.3 is 0 Å². The lowest BCUT2D eigenvalue weighted by Gasteiger charge is -2.33. The minimum absolute atomic E-state index is 0.0262. The van der Waals surface area contributed by atoms with Gasteiger partial charge in [0.15, 0.2) is 11.5 Å². The number of ether oxygens (including phenoxy) is 2. The predicted molar refractivity (Wildman–Crippen MR) is 144 cm³/mol. The third-order valence-corrected chi connectivity index (χ3v) is 7.87. The normalized spacial score (nSPS) is 14.0. The van der Waals surface area contributed by atoms with Crippen molar-refractivity contribution in [2.75, 3.05) is 29.8 Å². The first kappa shape index (κ1) is 28.6. The zero-order valence-electron chi connectivity index (χ0n) is 21.8. The van der Waals surface area contributed by atoms with E-state index in [-0.39, 0.29) is 23.9 Å². The molecule has 0 aromatic heterocycles. The van der Waals surface area contributed by atoms with Crippen molar-refractivity contribution >= 4 is 39.1 Å². The average Bonchev–Trinajstić information content (AvgIpc) is 2.84. The highest BCUT2D eigenvalue weighted by Crippen LogP contribution is 2.35. The molecule has 0 aliphatic carbocycles. The molecule has 9 nitrogen and oxygen atoms in total. The molecular formula is C26H34ClN3O6S. The third-order valence-electron chi connectivity index (χ3n) is 5.76. The molecule has 1 aliphatic rings. The number of benzene rings is 2. The van der Waals surface area contributed by atoms with Crippen molar-refractivity contribution in [3.05, 3.63) is 53.1 Å². The molecule has 11 heteroatoms. The lowest BCUT2D eigenvalue weighted by atomic mass is 10.1. The van der Waals surface area contributed by atoms with Gasteiger partial charge in [-0.15, -0.1) is 0 Å². The van der Waals surface area contributed by atoms with Gasteiger partial charge in [0.1, 0.15) is 25.8 Å². The lowest BCUT2D eigenvalue weighted by Crippen LogP contribution is -2.54. The Bertz CT molecular complexity index is 1250. The van der Waals surface area contributed by atoms with Crippen molar-refractivity contribution in [1.29, 1.82) is 0 Å². The quantitative estimate of drug-likeness (QED) is 0.510. The van der Waals surface area contributed by atoms with Crippen LogP contribution in [0.15, 0.2) is 42.5 Å². The first-order valence-corrected chi connectivity index (χ1v) is 14.1. The number of carbonyl (C=O) groups is 2. The van der Waals surface area contributed by atoms with Crippen molar-refractivity contribution in [2.24, 2.45) is 0 Å². The predicted octanol–water partition coefficient (Wildman–Crippen LogP) is 3.60. The summed E-state index contributed by atoms with van der Waals surface area (Å²) in [6, 6.07) is 10.9. The van der Waals surface area contributed by atoms with Crippen LogP contribution in [0.4, 0.5) is 5.69 Å². The Morgan fingerprint density at radius 3 is 2.35 bits per heavy atom. The second kappa shape index (κ2) is 11.6. The zero-order valence-corrected chi connectivity index (χ0v) is 23.4. The highest BCUT2D eigenvalue weighted by atomic mass is 35.5. The Morgan fingerprint density at radius 2 is 1.73 bits per heavy atom. The van der Waals surface area contributed by atoms with Crippen molar-refractivity contribution < 1.29 is 27.5 Å². The fourth-order valence-corrected chi connectivity index (χ4v) is 5.02. The van der Waals surface area contributed by atoms with Crippen LogP contribution in [-0.4, -0.2) is 62.2 Å². The number of hydrogen-bond donors (Lipinski definition) is 1. The molecule has 2 aromatic rings. The molecule has 1 atom stereocenters. The molecule has 0 saturated carbocycles. The minimum Gasteiger partial charge on any atom is -0.486 e. The Morgan fingerprint density at radius 1 is 1.08 bits per heavy atom. The Hall–Kier alpha value is -2.98. The maximum atomic E-state index is 13.7. The topological polar surface area (TPSA) is 105 Å². The van der Waals surface area contributed by atoms with Crippen molar-refractivity contribution in [2.45, 2.75) is 52.7 Å². The number of nitrogens with zero attached hydrogens (tertiary/aromatic N) is 2. The molecule has 0 saturated heterocycles. The fourth-order valence-electron chi connectivity index (χ4n) is 3.77. The number of hydrogen-bond acceptors (Lipinski definition) is 6. The molecule has 2 aromatic carbocycles. The highest BCUT2D eigenvalue weighted by Gasteiger charge is 2.32. The van der Waals surface area contributed by atoms with E-state index in [1.54, 1.807) is 49.4 Å². The summed E-state index contributed by atoms with van der Waals surface area (Å²) < 4.78 is 38.4. The number of halogens is 1. The molecular weight excluding hydrogens is 518 g/mol. The van der Waals surface area contributed by atoms with E-state index < -0.39 is 34.1 Å². The number of rotatable bonds is 9. The number of carbonyl (C=O) groups excluding carboxylic acids is 2. The van der Waals surface area contributed by atoms with Crippen molar-refractivity contribution in [3.8, 4) is 11.5 Å². The van der Waals surface area contributed by atoms with Crippen LogP contribution >= 0.6 is 11.6 Å². The van der Waals surface area contributed by atoms with Crippen LogP contribution < -0.4 is 19.1 Å². The number of fused-ring (bicyclic) bond motifs is 1. The van der Waals surface area contributed by atoms with Gasteiger partial charge in [0.2, 0.25) is 21.8 Å². The molecule has 202 valence electrons. The first-order chi connectivity index (χ1) is 17.3. The van der Waals surface area contributed by atoms with Gasteiger partial charge < -0.3 is 19.7 Å². The van der Waals surface area contributed by atoms with Gasteiger partial charge in [0, 0.05) is 23.2 Å². The van der Waals surface area contributed by atoms with E-state index in [1.165, 1.54) is 11.8 Å². The van der Waals surface area contributed by atoms with E-state index in [1.807, 2.05) is 20.8 Å². The van der Waals surface area contributed by atoms with Gasteiger partial charge in [-0.25, -0.2) is 8.42 Å². The summed E-state index contributed by atoms with van der Waals surface area (Å²) in [7, 11) is -3.86. The first-order valence-electron chi connectivity index (χ1n) is 12.1. The standard InChI is InChI=1S/C26H34ClN3O6S/c1-6-37(33,34)30(20-11-12-22-23(15-20)36-14-13-35-22)17-24(31)29(16-19-9-7-8-10-21(19)27)18(2)25(32)28-26(3,4)5/h7-12,15,18H,6,13-14,16-17H2,1-5H3,(H,28,32)/t18-/m1/s1. The molecule has 1 aliphatic heterocycles. The van der Waals surface area contributed by atoms with E-state index in [0.717, 1.165) is 4.31 Å². The summed E-state index contributed by atoms with van der Waals surface area (Å²) in [6.07, 6.45) is 0. The van der Waals surface area contributed by atoms with Crippen LogP contribution in [0.2, 0.25) is 5.02 Å². The van der Waals surface area contributed by atoms with Crippen LogP contribution in [0.3, 0.4) is 0 Å². The lowest BCUT2D eigenvalue weighted by molar-refractivity contribution is -0.140. The molecule has 2 amide bonds. The Balaban J connectivity index is 1.97. The molecule has 1 N–H and O–H groups in total. The molecule has 0 bridgehead atoms. The maximum Gasteiger partial charge on any atom is 0.244 e. The van der Waals surface area contributed by atoms with Crippen molar-refractivity contribution in [1.82, 2.24) is 10.2 Å². The van der Waals surface area contributed by atoms with Crippen LogP contribution in [0.1, 0.15) is 40.2 Å². The zero-order chi connectivity index (χ0) is 27.4. The Labute approximate surface area is 223 Å². The van der Waals surface area contributed by atoms with Crippen LogP contribution in [0, 0.1) is 0 Å². The minimum atomic E-state index is -3.86. The number of anilines is 1. The fraction of sp³-hybridized carbons (Fsp3) is 0.462. The second-order valence-electron chi connectivity index (χ2n) is 9.76. The molecule has 0 fully saturated rings. The summed E-state index contributed by atoms with van der Waals surface area (Å²) in [6.45, 7) is 8.89. The van der Waals surface area contributed by atoms with E-state index in [9.17, 15) is 18.0 Å². The van der Waals surface area contributed by atoms with Crippen molar-refractivity contribution in [3.63, 3.8) is 0 Å². The van der Waals surface area contributed by atoms with Gasteiger partial charge in [-0.1, -0.05) is 29.8 Å². The second-order valence-corrected chi connectivity index (χ2v) is 12.4. The molecule has 3 rings (SSSR count). The number of sulfonamides is 1. The van der Waals surface area contributed by atoms with E-state index in [2.05, 4.69) is 5.32 Å². The monoisotopic (exact) mass is 551 g/mol. The maximum absolute atomic E-state index is 13.7. The summed E-state index contributed by atoms with van der Waals surface area (Å²) in [4.78, 5) is 28.1. The summed E-state index contributed by atoms with van der Waals surface area (Å²) >= 11 is 6.36. The molecule has 0 radical (unpaired) electrons. The van der Waals surface area contributed by atoms with Crippen LogP contribution in [0.5, 0.6) is 11.5 Å². The summed E-state index contributed by atoms with van der Waals surface area (Å²) in [5, 5.41) is 3.33. The third kappa shape index (κ3) is 7.29. The van der Waals surface area contributed by atoms with E-state index in [0.29, 0.717) is 35.3 Å². The van der Waals surface area contributed by atoms with Gasteiger partial charge in [-0.05, 0) is 58.4 Å². The molecule has 37 heavy (non-hydrogen) atoms. The number of amides is 2. The molecule has 0 spiro atoms. The van der Waals surface area contributed by atoms with E-state index >= 15 is 0 Å². The SMILES string of the molecule is CCS(=O)(=O)N(CC(=O)N(Cc1ccccc1Cl)[C@H](C)C(=O)NC(C)(C)C)c1ccc2c(c1)OCCO2. The average molecular weight is 552 g/mol. The molecule has 0 unspecified atom stereocenters. The van der Waals surface area contributed by atoms with Gasteiger partial charge in [0.05, 0.1) is 11.4 Å². The smallest absolute Gasteiger partial charge is 0.244 e. The number of nitrogens with one attached hydrogen (secondary N) is 1. The largest absolute Gasteiger partial charge is 0.486 e. The summed E-state index contributed by atoms with van der Waals surface area (Å²) in [5.74, 6) is -0.235. The summed E-state index contributed by atoms with van der Waals surface area (Å²) in [5.41, 5.74) is 0.383. The van der Waals surface area contributed by atoms with Gasteiger partial charge in [-0.2, -0.15) is 0 Å². The van der Waals surface area contributed by atoms with Crippen LogP contribution in [-0.2, 0) is 26.2 Å². The Kier molecular flexibility index (Phi) is 8.96. The molecule has 1 heterocycles. The van der Waals surface area contributed by atoms with Crippen LogP contribution in [0.25, 0.3) is 0 Å². The van der Waals surface area contributed by atoms with Gasteiger partial charge in [-0.3, -0.25) is 13.9 Å². The van der Waals surface area contributed by atoms with E-state index in [4.69, 9.17) is 21.1 Å². The van der Waals surface area contributed by atoms with Gasteiger partial charge in [0.25, 0.3) is 0 Å². The highest BCUT2D eigenvalue weighted by molar-refractivity contribution is 7.92.